The standard InChI is InChI=1S/C21H19NO5S/c1-3-27-21(26)17-19(25)16(11-13-7-5-9-15(23)18(13)24)28-20(17)22-14-8-4-6-12(2)10-14/h4-11,23-25H,3H2,1-2H3/b16-11+,22-20?. The molecule has 3 rings (SSSR count). The number of hydrogen-bond acceptors (Lipinski definition) is 7. The Hall–Kier alpha value is -3.19. The van der Waals surface area contributed by atoms with Crippen molar-refractivity contribution < 1.29 is 24.9 Å². The summed E-state index contributed by atoms with van der Waals surface area (Å²) in [5.74, 6) is -1.55. The van der Waals surface area contributed by atoms with Crippen LogP contribution in [0, 0.1) is 6.92 Å². The molecule has 1 heterocycles. The number of nitrogens with zero attached hydrogens (tertiary/aromatic N) is 1. The van der Waals surface area contributed by atoms with Gasteiger partial charge >= 0.3 is 5.97 Å². The Morgan fingerprint density at radius 3 is 2.64 bits per heavy atom. The number of aliphatic imine (C=N–C) groups is 1. The van der Waals surface area contributed by atoms with E-state index < -0.39 is 5.97 Å². The van der Waals surface area contributed by atoms with Crippen LogP contribution in [0.4, 0.5) is 5.69 Å². The molecule has 2 aromatic carbocycles. The third-order valence-electron chi connectivity index (χ3n) is 3.94. The van der Waals surface area contributed by atoms with Gasteiger partial charge in [0.05, 0.1) is 17.2 Å². The largest absolute Gasteiger partial charge is 0.506 e. The molecular formula is C21H19NO5S. The summed E-state index contributed by atoms with van der Waals surface area (Å²) in [6.45, 7) is 3.77. The SMILES string of the molecule is CCOC(=O)C1=C(O)/C(=C\c2cccc(O)c2O)SC1=Nc1cccc(C)c1. The Bertz CT molecular complexity index is 1020. The van der Waals surface area contributed by atoms with Gasteiger partial charge in [0.25, 0.3) is 0 Å². The number of para-hydroxylation sites is 1. The molecule has 3 N–H and O–H groups in total. The van der Waals surface area contributed by atoms with Gasteiger partial charge in [0.2, 0.25) is 0 Å². The Labute approximate surface area is 166 Å². The monoisotopic (exact) mass is 397 g/mol. The number of aryl methyl sites for hydroxylation is 1. The zero-order chi connectivity index (χ0) is 20.3. The first kappa shape index (κ1) is 19.6. The van der Waals surface area contributed by atoms with Gasteiger partial charge in [-0.1, -0.05) is 36.0 Å². The highest BCUT2D eigenvalue weighted by atomic mass is 32.2. The second kappa shape index (κ2) is 8.22. The fraction of sp³-hybridized carbons (Fsp3) is 0.143. The van der Waals surface area contributed by atoms with Crippen LogP contribution in [0.2, 0.25) is 0 Å². The van der Waals surface area contributed by atoms with E-state index in [1.54, 1.807) is 25.1 Å². The molecule has 7 heteroatoms. The van der Waals surface area contributed by atoms with Crippen LogP contribution in [0.15, 0.2) is 63.7 Å². The van der Waals surface area contributed by atoms with E-state index >= 15 is 0 Å². The number of aliphatic hydroxyl groups is 1. The van der Waals surface area contributed by atoms with Crippen LogP contribution in [-0.2, 0) is 9.53 Å². The summed E-state index contributed by atoms with van der Waals surface area (Å²) in [5, 5.41) is 30.6. The van der Waals surface area contributed by atoms with Gasteiger partial charge in [-0.25, -0.2) is 9.79 Å². The summed E-state index contributed by atoms with van der Waals surface area (Å²) in [6, 6.07) is 11.9. The molecule has 0 aromatic heterocycles. The molecule has 1 aliphatic rings. The summed E-state index contributed by atoms with van der Waals surface area (Å²) in [5.41, 5.74) is 1.92. The fourth-order valence-electron chi connectivity index (χ4n) is 2.61. The van der Waals surface area contributed by atoms with Crippen molar-refractivity contribution in [3.05, 3.63) is 69.8 Å². The van der Waals surface area contributed by atoms with Gasteiger partial charge in [-0.2, -0.15) is 0 Å². The number of aromatic hydroxyl groups is 2. The van der Waals surface area contributed by atoms with Crippen molar-refractivity contribution >= 4 is 34.5 Å². The zero-order valence-electron chi connectivity index (χ0n) is 15.3. The first-order valence-electron chi connectivity index (χ1n) is 8.57. The topological polar surface area (TPSA) is 99.4 Å². The van der Waals surface area contributed by atoms with E-state index in [-0.39, 0.29) is 29.4 Å². The summed E-state index contributed by atoms with van der Waals surface area (Å²) < 4.78 is 5.06. The number of carbonyl (C=O) groups is 1. The second-order valence-electron chi connectivity index (χ2n) is 6.03. The molecule has 28 heavy (non-hydrogen) atoms. The lowest BCUT2D eigenvalue weighted by Gasteiger charge is -2.04. The number of rotatable bonds is 4. The number of ether oxygens (including phenoxy) is 1. The summed E-state index contributed by atoms with van der Waals surface area (Å²) in [4.78, 5) is 17.2. The van der Waals surface area contributed by atoms with Crippen molar-refractivity contribution in [3.63, 3.8) is 0 Å². The fourth-order valence-corrected chi connectivity index (χ4v) is 3.64. The lowest BCUT2D eigenvalue weighted by atomic mass is 10.1. The van der Waals surface area contributed by atoms with Crippen molar-refractivity contribution in [2.75, 3.05) is 6.61 Å². The maximum atomic E-state index is 12.4. The van der Waals surface area contributed by atoms with Gasteiger partial charge in [0, 0.05) is 5.56 Å². The third-order valence-corrected chi connectivity index (χ3v) is 4.95. The van der Waals surface area contributed by atoms with Crippen LogP contribution in [-0.4, -0.2) is 32.9 Å². The van der Waals surface area contributed by atoms with Gasteiger partial charge in [-0.3, -0.25) is 0 Å². The predicted molar refractivity (Wildman–Crippen MR) is 110 cm³/mol. The number of benzene rings is 2. The van der Waals surface area contributed by atoms with E-state index in [0.29, 0.717) is 21.2 Å². The summed E-state index contributed by atoms with van der Waals surface area (Å²) in [6.07, 6.45) is 1.48. The predicted octanol–water partition coefficient (Wildman–Crippen LogP) is 4.60. The quantitative estimate of drug-likeness (QED) is 0.515. The number of phenolic OH excluding ortho intramolecular Hbond substituents is 2. The van der Waals surface area contributed by atoms with Crippen LogP contribution < -0.4 is 0 Å². The molecule has 0 saturated carbocycles. The number of aliphatic hydroxyl groups excluding tert-OH is 1. The molecule has 0 unspecified atom stereocenters. The van der Waals surface area contributed by atoms with Crippen LogP contribution in [0.25, 0.3) is 6.08 Å². The van der Waals surface area contributed by atoms with Crippen molar-refractivity contribution in [1.82, 2.24) is 0 Å². The highest BCUT2D eigenvalue weighted by Gasteiger charge is 2.33. The normalized spacial score (nSPS) is 16.8. The van der Waals surface area contributed by atoms with Crippen molar-refractivity contribution in [1.29, 1.82) is 0 Å². The average Bonchev–Trinajstić information content (AvgIpc) is 2.94. The first-order chi connectivity index (χ1) is 13.4. The highest BCUT2D eigenvalue weighted by Crippen LogP contribution is 2.41. The Morgan fingerprint density at radius 2 is 1.93 bits per heavy atom. The lowest BCUT2D eigenvalue weighted by Crippen LogP contribution is -2.12. The van der Waals surface area contributed by atoms with Crippen molar-refractivity contribution in [2.45, 2.75) is 13.8 Å². The van der Waals surface area contributed by atoms with E-state index in [0.717, 1.165) is 17.3 Å². The number of hydrogen-bond donors (Lipinski definition) is 3. The molecule has 1 aliphatic heterocycles. The minimum atomic E-state index is -0.678. The first-order valence-corrected chi connectivity index (χ1v) is 9.39. The van der Waals surface area contributed by atoms with Crippen LogP contribution in [0.1, 0.15) is 18.1 Å². The molecule has 0 atom stereocenters. The summed E-state index contributed by atoms with van der Waals surface area (Å²) in [7, 11) is 0. The van der Waals surface area contributed by atoms with Crippen LogP contribution in [0.3, 0.4) is 0 Å². The second-order valence-corrected chi connectivity index (χ2v) is 7.06. The van der Waals surface area contributed by atoms with E-state index in [9.17, 15) is 20.1 Å². The van der Waals surface area contributed by atoms with E-state index in [1.807, 2.05) is 25.1 Å². The third kappa shape index (κ3) is 4.04. The summed E-state index contributed by atoms with van der Waals surface area (Å²) >= 11 is 1.08. The Morgan fingerprint density at radius 1 is 1.18 bits per heavy atom. The van der Waals surface area contributed by atoms with E-state index in [4.69, 9.17) is 4.74 Å². The molecule has 0 bridgehead atoms. The number of carbonyl (C=O) groups excluding carboxylic acids is 1. The van der Waals surface area contributed by atoms with E-state index in [1.165, 1.54) is 12.1 Å². The molecule has 0 spiro atoms. The number of phenols is 2. The van der Waals surface area contributed by atoms with Gasteiger partial charge in [0.1, 0.15) is 16.4 Å². The molecule has 6 nitrogen and oxygen atoms in total. The molecule has 144 valence electrons. The Balaban J connectivity index is 2.08. The minimum absolute atomic E-state index is 0.0285. The zero-order valence-corrected chi connectivity index (χ0v) is 16.2. The van der Waals surface area contributed by atoms with Gasteiger partial charge in [-0.15, -0.1) is 0 Å². The number of thioether (sulfide) groups is 1. The molecular weight excluding hydrogens is 378 g/mol. The lowest BCUT2D eigenvalue weighted by molar-refractivity contribution is -0.138. The average molecular weight is 397 g/mol. The molecule has 0 amide bonds. The Kier molecular flexibility index (Phi) is 5.75. The molecule has 0 aliphatic carbocycles. The number of esters is 1. The van der Waals surface area contributed by atoms with Crippen molar-refractivity contribution in [2.24, 2.45) is 4.99 Å². The maximum Gasteiger partial charge on any atom is 0.344 e. The maximum absolute atomic E-state index is 12.4. The highest BCUT2D eigenvalue weighted by molar-refractivity contribution is 8.18. The van der Waals surface area contributed by atoms with Crippen molar-refractivity contribution in [3.8, 4) is 11.5 Å². The molecule has 0 fully saturated rings. The van der Waals surface area contributed by atoms with E-state index in [2.05, 4.69) is 4.99 Å². The van der Waals surface area contributed by atoms with Crippen LogP contribution >= 0.6 is 11.8 Å². The van der Waals surface area contributed by atoms with Gasteiger partial charge < -0.3 is 20.1 Å². The van der Waals surface area contributed by atoms with Gasteiger partial charge in [-0.05, 0) is 43.7 Å². The minimum Gasteiger partial charge on any atom is -0.506 e. The van der Waals surface area contributed by atoms with Crippen LogP contribution in [0.5, 0.6) is 11.5 Å². The molecule has 2 aromatic rings. The molecule has 0 saturated heterocycles. The smallest absolute Gasteiger partial charge is 0.344 e. The molecule has 0 radical (unpaired) electrons. The van der Waals surface area contributed by atoms with Gasteiger partial charge in [0.15, 0.2) is 11.5 Å².